The number of rotatable bonds is 6. The molecule has 1 amide bonds. The van der Waals surface area contributed by atoms with Crippen LogP contribution in [-0.4, -0.2) is 17.7 Å². The average Bonchev–Trinajstić information content (AvgIpc) is 2.71. The van der Waals surface area contributed by atoms with Crippen molar-refractivity contribution in [1.29, 1.82) is 0 Å². The normalized spacial score (nSPS) is 12.4. The largest absolute Gasteiger partial charge is 0.328 e. The van der Waals surface area contributed by atoms with Crippen molar-refractivity contribution in [1.82, 2.24) is 5.43 Å². The molecule has 5 N–H and O–H groups in total. The predicted octanol–water partition coefficient (Wildman–Crippen LogP) is 1.32. The van der Waals surface area contributed by atoms with E-state index in [4.69, 9.17) is 11.6 Å². The summed E-state index contributed by atoms with van der Waals surface area (Å²) >= 11 is 3.20. The molecule has 0 aromatic carbocycles. The van der Waals surface area contributed by atoms with Crippen LogP contribution < -0.4 is 17.0 Å². The van der Waals surface area contributed by atoms with Gasteiger partial charge in [-0.1, -0.05) is 0 Å². The molecule has 90 valence electrons. The molecule has 1 rings (SSSR count). The van der Waals surface area contributed by atoms with Crippen LogP contribution in [0.2, 0.25) is 0 Å². The highest BCUT2D eigenvalue weighted by molar-refractivity contribution is 7.98. The summed E-state index contributed by atoms with van der Waals surface area (Å²) in [4.78, 5) is 12.1. The van der Waals surface area contributed by atoms with Crippen molar-refractivity contribution in [2.24, 2.45) is 11.6 Å². The molecule has 1 aromatic heterocycles. The minimum Gasteiger partial charge on any atom is -0.328 e. The van der Waals surface area contributed by atoms with Crippen LogP contribution in [0.4, 0.5) is 0 Å². The van der Waals surface area contributed by atoms with E-state index < -0.39 is 0 Å². The zero-order chi connectivity index (χ0) is 12.0. The lowest BCUT2D eigenvalue weighted by Crippen LogP contribution is -2.29. The van der Waals surface area contributed by atoms with Crippen molar-refractivity contribution in [3.8, 4) is 0 Å². The molecule has 1 atom stereocenters. The SMILES string of the molecule is CC(N)CCSCc1ccsc1C(=O)NN. The molecule has 0 saturated carbocycles. The van der Waals surface area contributed by atoms with E-state index in [2.05, 4.69) is 5.43 Å². The zero-order valence-corrected chi connectivity index (χ0v) is 10.9. The van der Waals surface area contributed by atoms with Gasteiger partial charge in [0.2, 0.25) is 0 Å². The van der Waals surface area contributed by atoms with Crippen LogP contribution in [0.15, 0.2) is 11.4 Å². The van der Waals surface area contributed by atoms with Gasteiger partial charge < -0.3 is 5.73 Å². The van der Waals surface area contributed by atoms with Crippen LogP contribution >= 0.6 is 23.1 Å². The third-order valence-electron chi connectivity index (χ3n) is 2.06. The molecular weight excluding hydrogens is 242 g/mol. The van der Waals surface area contributed by atoms with Crippen LogP contribution in [0.25, 0.3) is 0 Å². The van der Waals surface area contributed by atoms with Gasteiger partial charge in [0.05, 0.1) is 4.88 Å². The van der Waals surface area contributed by atoms with E-state index in [1.54, 1.807) is 11.8 Å². The Morgan fingerprint density at radius 1 is 1.69 bits per heavy atom. The molecule has 1 heterocycles. The highest BCUT2D eigenvalue weighted by atomic mass is 32.2. The summed E-state index contributed by atoms with van der Waals surface area (Å²) in [7, 11) is 0. The van der Waals surface area contributed by atoms with Crippen LogP contribution in [0, 0.1) is 0 Å². The Balaban J connectivity index is 2.42. The minimum absolute atomic E-state index is 0.210. The molecule has 4 nitrogen and oxygen atoms in total. The molecule has 0 bridgehead atoms. The van der Waals surface area contributed by atoms with Crippen molar-refractivity contribution in [3.05, 3.63) is 21.9 Å². The summed E-state index contributed by atoms with van der Waals surface area (Å²) in [5, 5.41) is 1.91. The Bertz CT molecular complexity index is 339. The monoisotopic (exact) mass is 259 g/mol. The van der Waals surface area contributed by atoms with Gasteiger partial charge in [-0.2, -0.15) is 11.8 Å². The van der Waals surface area contributed by atoms with E-state index in [1.807, 2.05) is 18.4 Å². The van der Waals surface area contributed by atoms with E-state index >= 15 is 0 Å². The first-order valence-corrected chi connectivity index (χ1v) is 7.09. The van der Waals surface area contributed by atoms with Crippen molar-refractivity contribution in [3.63, 3.8) is 0 Å². The smallest absolute Gasteiger partial charge is 0.275 e. The second-order valence-electron chi connectivity index (χ2n) is 3.57. The summed E-state index contributed by atoms with van der Waals surface area (Å²) < 4.78 is 0. The molecule has 0 spiro atoms. The topological polar surface area (TPSA) is 81.1 Å². The summed E-state index contributed by atoms with van der Waals surface area (Å²) in [6, 6.07) is 2.20. The van der Waals surface area contributed by atoms with E-state index in [1.165, 1.54) is 11.3 Å². The Morgan fingerprint density at radius 3 is 3.06 bits per heavy atom. The number of hydrogen-bond donors (Lipinski definition) is 3. The lowest BCUT2D eigenvalue weighted by Gasteiger charge is -2.05. The number of hydrogen-bond acceptors (Lipinski definition) is 5. The van der Waals surface area contributed by atoms with Gasteiger partial charge in [-0.25, -0.2) is 5.84 Å². The Labute approximate surface area is 104 Å². The summed E-state index contributed by atoms with van der Waals surface area (Å²) in [6.45, 7) is 2.00. The second kappa shape index (κ2) is 6.90. The number of carbonyl (C=O) groups is 1. The fourth-order valence-corrected chi connectivity index (χ4v) is 3.23. The van der Waals surface area contributed by atoms with Crippen LogP contribution in [0.3, 0.4) is 0 Å². The minimum atomic E-state index is -0.210. The number of nitrogens with two attached hydrogens (primary N) is 2. The molecule has 1 unspecified atom stereocenters. The summed E-state index contributed by atoms with van der Waals surface area (Å²) in [5.41, 5.74) is 8.86. The molecule has 1 aromatic rings. The average molecular weight is 259 g/mol. The number of thioether (sulfide) groups is 1. The van der Waals surface area contributed by atoms with Gasteiger partial charge in [-0.3, -0.25) is 10.2 Å². The van der Waals surface area contributed by atoms with Crippen molar-refractivity contribution < 1.29 is 4.79 Å². The molecule has 0 aliphatic rings. The molecule has 0 radical (unpaired) electrons. The second-order valence-corrected chi connectivity index (χ2v) is 5.59. The van der Waals surface area contributed by atoms with Gasteiger partial charge in [0, 0.05) is 11.8 Å². The first kappa shape index (κ1) is 13.5. The number of nitrogen functional groups attached to an aromatic ring is 1. The third kappa shape index (κ3) is 4.13. The van der Waals surface area contributed by atoms with Crippen LogP contribution in [-0.2, 0) is 5.75 Å². The maximum Gasteiger partial charge on any atom is 0.275 e. The maximum atomic E-state index is 11.4. The van der Waals surface area contributed by atoms with Crippen LogP contribution in [0.1, 0.15) is 28.6 Å². The first-order chi connectivity index (χ1) is 7.65. The highest BCUT2D eigenvalue weighted by Gasteiger charge is 2.11. The number of hydrazine groups is 1. The lowest BCUT2D eigenvalue weighted by atomic mass is 10.3. The zero-order valence-electron chi connectivity index (χ0n) is 9.23. The van der Waals surface area contributed by atoms with Gasteiger partial charge in [-0.05, 0) is 36.1 Å². The molecular formula is C10H17N3OS2. The van der Waals surface area contributed by atoms with Gasteiger partial charge >= 0.3 is 0 Å². The maximum absolute atomic E-state index is 11.4. The Morgan fingerprint density at radius 2 is 2.44 bits per heavy atom. The van der Waals surface area contributed by atoms with Gasteiger partial charge in [0.15, 0.2) is 0 Å². The van der Waals surface area contributed by atoms with Crippen molar-refractivity contribution in [2.45, 2.75) is 25.1 Å². The highest BCUT2D eigenvalue weighted by Crippen LogP contribution is 2.22. The summed E-state index contributed by atoms with van der Waals surface area (Å²) in [6.07, 6.45) is 0.993. The lowest BCUT2D eigenvalue weighted by molar-refractivity contribution is 0.0957. The van der Waals surface area contributed by atoms with Gasteiger partial charge in [0.1, 0.15) is 0 Å². The fraction of sp³-hybridized carbons (Fsp3) is 0.500. The molecule has 0 fully saturated rings. The number of carbonyl (C=O) groups excluding carboxylic acids is 1. The van der Waals surface area contributed by atoms with E-state index in [0.29, 0.717) is 4.88 Å². The predicted molar refractivity (Wildman–Crippen MR) is 70.4 cm³/mol. The number of amides is 1. The molecule has 0 aliphatic carbocycles. The molecule has 6 heteroatoms. The Kier molecular flexibility index (Phi) is 5.83. The van der Waals surface area contributed by atoms with Gasteiger partial charge in [-0.15, -0.1) is 11.3 Å². The molecule has 16 heavy (non-hydrogen) atoms. The standard InChI is InChI=1S/C10H17N3OS2/c1-7(11)2-4-15-6-8-3-5-16-9(8)10(14)13-12/h3,5,7H,2,4,6,11-12H2,1H3,(H,13,14). The number of thiophene rings is 1. The molecule has 0 aliphatic heterocycles. The summed E-state index contributed by atoms with van der Waals surface area (Å²) in [5.74, 6) is 6.74. The third-order valence-corrected chi connectivity index (χ3v) is 4.05. The van der Waals surface area contributed by atoms with Crippen molar-refractivity contribution >= 4 is 29.0 Å². The first-order valence-electron chi connectivity index (χ1n) is 5.05. The quantitative estimate of drug-likeness (QED) is 0.311. The fourth-order valence-electron chi connectivity index (χ4n) is 1.17. The molecule has 0 saturated heterocycles. The van der Waals surface area contributed by atoms with E-state index in [9.17, 15) is 4.79 Å². The van der Waals surface area contributed by atoms with E-state index in [0.717, 1.165) is 23.5 Å². The number of nitrogens with one attached hydrogen (secondary N) is 1. The van der Waals surface area contributed by atoms with Gasteiger partial charge in [0.25, 0.3) is 5.91 Å². The Hall–Kier alpha value is -0.560. The van der Waals surface area contributed by atoms with Crippen molar-refractivity contribution in [2.75, 3.05) is 5.75 Å². The van der Waals surface area contributed by atoms with Crippen LogP contribution in [0.5, 0.6) is 0 Å². The van der Waals surface area contributed by atoms with E-state index in [-0.39, 0.29) is 11.9 Å².